The number of nitrogens with zero attached hydrogens (tertiary/aromatic N) is 1. The Labute approximate surface area is 109 Å². The molecule has 0 radical (unpaired) electrons. The van der Waals surface area contributed by atoms with E-state index < -0.39 is 0 Å². The van der Waals surface area contributed by atoms with Crippen LogP contribution in [0.1, 0.15) is 20.8 Å². The predicted molar refractivity (Wildman–Crippen MR) is 79.5 cm³/mol. The van der Waals surface area contributed by atoms with Crippen LogP contribution in [-0.2, 0) is 0 Å². The van der Waals surface area contributed by atoms with Crippen LogP contribution in [0.4, 0.5) is 0 Å². The van der Waals surface area contributed by atoms with E-state index in [1.165, 1.54) is 0 Å². The number of hydrogen-bond donors (Lipinski definition) is 1. The third-order valence-corrected chi connectivity index (χ3v) is 3.91. The molecular weight excluding hydrogens is 236 g/mol. The Bertz CT molecular complexity index is 234. The molecule has 4 heteroatoms. The van der Waals surface area contributed by atoms with Gasteiger partial charge < -0.3 is 5.32 Å². The molecule has 0 saturated carbocycles. The molecule has 1 atom stereocenters. The van der Waals surface area contributed by atoms with Crippen LogP contribution in [0.5, 0.6) is 0 Å². The summed E-state index contributed by atoms with van der Waals surface area (Å²) in [6.07, 6.45) is 0. The van der Waals surface area contributed by atoms with Crippen molar-refractivity contribution < 1.29 is 0 Å². The van der Waals surface area contributed by atoms with E-state index in [2.05, 4.69) is 50.6 Å². The Balaban J connectivity index is 4.16. The van der Waals surface area contributed by atoms with Crippen LogP contribution in [0.2, 0.25) is 0 Å². The quantitative estimate of drug-likeness (QED) is 0.704. The van der Waals surface area contributed by atoms with Crippen molar-refractivity contribution in [3.63, 3.8) is 0 Å². The average Bonchev–Trinajstić information content (AvgIpc) is 2.12. The Morgan fingerprint density at radius 2 is 2.06 bits per heavy atom. The zero-order chi connectivity index (χ0) is 12.8. The van der Waals surface area contributed by atoms with Gasteiger partial charge in [0, 0.05) is 12.6 Å². The summed E-state index contributed by atoms with van der Waals surface area (Å²) in [4.78, 5) is 0. The van der Waals surface area contributed by atoms with Crippen LogP contribution in [0.3, 0.4) is 0 Å². The van der Waals surface area contributed by atoms with Gasteiger partial charge in [0.15, 0.2) is 0 Å². The second kappa shape index (κ2) is 7.43. The summed E-state index contributed by atoms with van der Waals surface area (Å²) in [5, 5.41) is 5.17. The number of thioether (sulfide) groups is 1. The lowest BCUT2D eigenvalue weighted by molar-refractivity contribution is 0.252. The highest BCUT2D eigenvalue weighted by Crippen LogP contribution is 2.30. The number of rotatable bonds is 7. The summed E-state index contributed by atoms with van der Waals surface area (Å²) in [5.74, 6) is 0. The van der Waals surface area contributed by atoms with Crippen LogP contribution in [0, 0.1) is 5.41 Å². The highest BCUT2D eigenvalue weighted by Gasteiger charge is 2.24. The van der Waals surface area contributed by atoms with E-state index in [4.69, 9.17) is 0 Å². The molecule has 16 heavy (non-hydrogen) atoms. The molecule has 0 rings (SSSR count). The van der Waals surface area contributed by atoms with Crippen LogP contribution in [-0.4, -0.2) is 31.0 Å². The summed E-state index contributed by atoms with van der Waals surface area (Å²) >= 11 is 3.25. The lowest BCUT2D eigenvalue weighted by Crippen LogP contribution is -2.44. The van der Waals surface area contributed by atoms with Crippen LogP contribution in [0.25, 0.3) is 0 Å². The van der Waals surface area contributed by atoms with E-state index in [1.54, 1.807) is 23.7 Å². The molecule has 0 amide bonds. The van der Waals surface area contributed by atoms with Crippen molar-refractivity contribution in [2.24, 2.45) is 5.41 Å². The van der Waals surface area contributed by atoms with Crippen molar-refractivity contribution in [1.82, 2.24) is 9.62 Å². The number of likely N-dealkylation sites (N-methyl/N-ethyl adjacent to an activating group) is 2. The zero-order valence-corrected chi connectivity index (χ0v) is 12.7. The van der Waals surface area contributed by atoms with Crippen molar-refractivity contribution in [2.75, 3.05) is 20.6 Å². The molecule has 0 aromatic carbocycles. The first kappa shape index (κ1) is 16.1. The summed E-state index contributed by atoms with van der Waals surface area (Å²) in [5.41, 5.74) is 0.260. The molecule has 0 aromatic rings. The maximum absolute atomic E-state index is 3.97. The summed E-state index contributed by atoms with van der Waals surface area (Å²) in [7, 11) is 4.11. The molecule has 94 valence electrons. The molecule has 0 aliphatic rings. The van der Waals surface area contributed by atoms with Crippen molar-refractivity contribution >= 4 is 23.7 Å². The van der Waals surface area contributed by atoms with Crippen LogP contribution in [0.15, 0.2) is 22.8 Å². The first-order valence-corrected chi connectivity index (χ1v) is 6.99. The highest BCUT2D eigenvalue weighted by atomic mass is 32.2. The van der Waals surface area contributed by atoms with Gasteiger partial charge in [-0.15, -0.1) is 0 Å². The average molecular weight is 260 g/mol. The van der Waals surface area contributed by atoms with E-state index in [9.17, 15) is 0 Å². The molecule has 0 fully saturated rings. The van der Waals surface area contributed by atoms with Gasteiger partial charge in [-0.3, -0.25) is 0 Å². The first-order valence-electron chi connectivity index (χ1n) is 5.34. The van der Waals surface area contributed by atoms with E-state index in [0.717, 1.165) is 10.8 Å². The number of nitrogens with one attached hydrogen (secondary N) is 1. The molecular formula is C12H24N2S2. The molecule has 0 aliphatic heterocycles. The SMILES string of the molecule is C=CSC(=C)SN(C)CC(NC)C(C)(C)C. The normalized spacial score (nSPS) is 13.9. The molecule has 2 nitrogen and oxygen atoms in total. The zero-order valence-electron chi connectivity index (χ0n) is 11.0. The topological polar surface area (TPSA) is 15.3 Å². The Kier molecular flexibility index (Phi) is 7.48. The van der Waals surface area contributed by atoms with Gasteiger partial charge in [0.2, 0.25) is 0 Å². The third kappa shape index (κ3) is 6.63. The van der Waals surface area contributed by atoms with E-state index in [1.807, 2.05) is 12.5 Å². The first-order chi connectivity index (χ1) is 7.31. The molecule has 0 saturated heterocycles. The fourth-order valence-corrected chi connectivity index (χ4v) is 2.90. The monoisotopic (exact) mass is 260 g/mol. The minimum atomic E-state index is 0.260. The second-order valence-corrected chi connectivity index (χ2v) is 7.38. The maximum atomic E-state index is 3.97. The minimum absolute atomic E-state index is 0.260. The Hall–Kier alpha value is 0.1000. The molecule has 0 aliphatic carbocycles. The second-order valence-electron chi connectivity index (χ2n) is 4.77. The lowest BCUT2D eigenvalue weighted by atomic mass is 9.87. The molecule has 1 unspecified atom stereocenters. The van der Waals surface area contributed by atoms with Crippen LogP contribution >= 0.6 is 23.7 Å². The molecule has 0 aromatic heterocycles. The highest BCUT2D eigenvalue weighted by molar-refractivity contribution is 8.22. The smallest absolute Gasteiger partial charge is 0.0528 e. The van der Waals surface area contributed by atoms with Gasteiger partial charge in [0.05, 0.1) is 4.24 Å². The maximum Gasteiger partial charge on any atom is 0.0528 e. The standard InChI is InChI=1S/C12H24N2S2/c1-8-15-10(2)16-14(7)9-11(13-6)12(3,4)5/h8,11,13H,1-2,9H2,3-7H3. The number of hydrogen-bond acceptors (Lipinski definition) is 4. The van der Waals surface area contributed by atoms with Gasteiger partial charge in [-0.1, -0.05) is 45.7 Å². The third-order valence-electron chi connectivity index (χ3n) is 2.31. The fourth-order valence-electron chi connectivity index (χ4n) is 1.38. The van der Waals surface area contributed by atoms with E-state index >= 15 is 0 Å². The summed E-state index contributed by atoms with van der Waals surface area (Å²) < 4.78 is 3.27. The van der Waals surface area contributed by atoms with Gasteiger partial charge in [-0.05, 0) is 36.9 Å². The molecule has 0 heterocycles. The summed E-state index contributed by atoms with van der Waals surface area (Å²) in [6.45, 7) is 15.4. The largest absolute Gasteiger partial charge is 0.315 e. The molecule has 1 N–H and O–H groups in total. The van der Waals surface area contributed by atoms with Gasteiger partial charge in [-0.25, -0.2) is 4.31 Å². The Morgan fingerprint density at radius 3 is 2.44 bits per heavy atom. The predicted octanol–water partition coefficient (Wildman–Crippen LogP) is 3.55. The minimum Gasteiger partial charge on any atom is -0.315 e. The lowest BCUT2D eigenvalue weighted by Gasteiger charge is -2.33. The van der Waals surface area contributed by atoms with Gasteiger partial charge in [0.1, 0.15) is 0 Å². The van der Waals surface area contributed by atoms with Crippen molar-refractivity contribution in [3.8, 4) is 0 Å². The van der Waals surface area contributed by atoms with Gasteiger partial charge in [-0.2, -0.15) is 0 Å². The fraction of sp³-hybridized carbons (Fsp3) is 0.667. The molecule has 0 spiro atoms. The van der Waals surface area contributed by atoms with Gasteiger partial charge >= 0.3 is 0 Å². The van der Waals surface area contributed by atoms with E-state index in [0.29, 0.717) is 6.04 Å². The van der Waals surface area contributed by atoms with Crippen molar-refractivity contribution in [1.29, 1.82) is 0 Å². The summed E-state index contributed by atoms with van der Waals surface area (Å²) in [6, 6.07) is 0.464. The molecule has 0 bridgehead atoms. The van der Waals surface area contributed by atoms with Gasteiger partial charge in [0.25, 0.3) is 0 Å². The van der Waals surface area contributed by atoms with Crippen molar-refractivity contribution in [3.05, 3.63) is 22.8 Å². The van der Waals surface area contributed by atoms with Crippen molar-refractivity contribution in [2.45, 2.75) is 26.8 Å². The van der Waals surface area contributed by atoms with E-state index in [-0.39, 0.29) is 5.41 Å². The Morgan fingerprint density at radius 1 is 1.50 bits per heavy atom. The van der Waals surface area contributed by atoms with Crippen LogP contribution < -0.4 is 5.32 Å².